The van der Waals surface area contributed by atoms with E-state index in [1.54, 1.807) is 84.9 Å². The summed E-state index contributed by atoms with van der Waals surface area (Å²) >= 11 is 0. The van der Waals surface area contributed by atoms with Gasteiger partial charge in [0.15, 0.2) is 23.0 Å². The number of unbranched alkanes of at least 4 members (excludes halogenated alkanes) is 12. The van der Waals surface area contributed by atoms with Crippen LogP contribution in [0.2, 0.25) is 0 Å². The minimum atomic E-state index is -0.983. The van der Waals surface area contributed by atoms with Crippen molar-refractivity contribution in [3.05, 3.63) is 216 Å². The molecule has 0 aliphatic carbocycles. The zero-order valence-electron chi connectivity index (χ0n) is 54.9. The normalized spacial score (nSPS) is 10.8. The van der Waals surface area contributed by atoms with Gasteiger partial charge >= 0.3 is 35.8 Å². The van der Waals surface area contributed by atoms with Crippen molar-refractivity contribution in [1.29, 1.82) is 0 Å². The van der Waals surface area contributed by atoms with Gasteiger partial charge in [-0.05, 0) is 184 Å². The van der Waals surface area contributed by atoms with Gasteiger partial charge in [-0.15, -0.1) is 13.2 Å². The fourth-order valence-corrected chi connectivity index (χ4v) is 9.35. The molecule has 7 aromatic rings. The van der Waals surface area contributed by atoms with Crippen molar-refractivity contribution in [3.63, 3.8) is 0 Å². The molecule has 0 aliphatic heterocycles. The van der Waals surface area contributed by atoms with Crippen LogP contribution in [0, 0.1) is 0 Å². The second-order valence-corrected chi connectivity index (χ2v) is 22.3. The third-order valence-corrected chi connectivity index (χ3v) is 14.7. The average molecular weight is 1310 g/mol. The summed E-state index contributed by atoms with van der Waals surface area (Å²) in [5.74, 6) is -4.41. The number of carbonyl (C=O) groups is 6. The molecule has 0 bridgehead atoms. The van der Waals surface area contributed by atoms with Crippen molar-refractivity contribution in [2.75, 3.05) is 52.9 Å². The van der Waals surface area contributed by atoms with Gasteiger partial charge < -0.3 is 56.8 Å². The van der Waals surface area contributed by atoms with Crippen molar-refractivity contribution in [2.24, 2.45) is 0 Å². The van der Waals surface area contributed by atoms with E-state index >= 15 is 0 Å². The van der Waals surface area contributed by atoms with Crippen LogP contribution >= 0.6 is 0 Å². The average Bonchev–Trinajstić information content (AvgIpc) is 0.821. The quantitative estimate of drug-likeness (QED) is 0.0150. The number of hydrogen-bond donors (Lipinski definition) is 0. The van der Waals surface area contributed by atoms with Gasteiger partial charge in [-0.3, -0.25) is 0 Å². The summed E-state index contributed by atoms with van der Waals surface area (Å²) in [5, 5.41) is 0. The van der Waals surface area contributed by atoms with E-state index in [4.69, 9.17) is 56.8 Å². The molecule has 506 valence electrons. The topological polar surface area (TPSA) is 213 Å². The smallest absolute Gasteiger partial charge is 0.343 e. The van der Waals surface area contributed by atoms with Crippen LogP contribution in [0.25, 0.3) is 0 Å². The lowest BCUT2D eigenvalue weighted by atomic mass is 10.1. The molecule has 0 fully saturated rings. The molecule has 7 aromatic carbocycles. The zero-order valence-corrected chi connectivity index (χ0v) is 54.9. The lowest BCUT2D eigenvalue weighted by molar-refractivity contribution is 0.0662. The molecule has 96 heavy (non-hydrogen) atoms. The highest BCUT2D eigenvalue weighted by molar-refractivity contribution is 5.97. The first kappa shape index (κ1) is 73.4. The molecule has 0 heterocycles. The number of benzene rings is 7. The summed E-state index contributed by atoms with van der Waals surface area (Å²) in [5.41, 5.74) is 0.590. The molecule has 0 unspecified atom stereocenters. The van der Waals surface area contributed by atoms with E-state index in [0.717, 1.165) is 50.7 Å². The minimum absolute atomic E-state index is 0.0353. The standard InChI is InChI=1S/C78H86O18/c1-5-9-11-13-15-17-51-87-63-35-23-57(24-36-63)73(79)91-67-43-31-61(32-44-67)77(83)95-71-55-70(94-76(82)60-29-41-66(42-30-60)90-54-22-20-50-86-48-8-4)72(56-69(71)93-75(81)59-27-39-65(40-28-59)89-53-21-19-49-85-47-7-3)96-78(84)62-33-45-68(46-34-62)92-74(80)58-25-37-64(38-26-58)88-52-18-16-14-12-10-6-2/h7-8,23-46,55-56H,3-6,9-22,47-54H2,1-2H3. The second kappa shape index (κ2) is 41.6. The Kier molecular flexibility index (Phi) is 31.8. The van der Waals surface area contributed by atoms with Gasteiger partial charge in [0.25, 0.3) is 0 Å². The van der Waals surface area contributed by atoms with Crippen molar-refractivity contribution in [3.8, 4) is 57.5 Å². The molecule has 0 N–H and O–H groups in total. The first-order valence-electron chi connectivity index (χ1n) is 32.9. The van der Waals surface area contributed by atoms with Crippen LogP contribution in [0.4, 0.5) is 0 Å². The van der Waals surface area contributed by atoms with Crippen LogP contribution in [0.5, 0.6) is 57.5 Å². The molecule has 18 heteroatoms. The Hall–Kier alpha value is -10.0. The maximum Gasteiger partial charge on any atom is 0.343 e. The summed E-state index contributed by atoms with van der Waals surface area (Å²) in [6, 6.07) is 38.6. The van der Waals surface area contributed by atoms with E-state index in [-0.39, 0.29) is 44.9 Å². The molecule has 0 amide bonds. The molecule has 0 atom stereocenters. The summed E-state index contributed by atoms with van der Waals surface area (Å²) < 4.78 is 69.4. The van der Waals surface area contributed by atoms with Gasteiger partial charge in [0.2, 0.25) is 0 Å². The maximum absolute atomic E-state index is 14.2. The van der Waals surface area contributed by atoms with E-state index < -0.39 is 58.8 Å². The highest BCUT2D eigenvalue weighted by Gasteiger charge is 2.26. The number of esters is 6. The van der Waals surface area contributed by atoms with Crippen LogP contribution < -0.4 is 47.4 Å². The Labute approximate surface area is 562 Å². The predicted molar refractivity (Wildman–Crippen MR) is 364 cm³/mol. The maximum atomic E-state index is 14.2. The first-order chi connectivity index (χ1) is 46.9. The van der Waals surface area contributed by atoms with Gasteiger partial charge in [-0.2, -0.15) is 0 Å². The van der Waals surface area contributed by atoms with Crippen molar-refractivity contribution < 1.29 is 85.6 Å². The van der Waals surface area contributed by atoms with Crippen LogP contribution in [-0.2, 0) is 9.47 Å². The Balaban J connectivity index is 1.11. The van der Waals surface area contributed by atoms with Crippen LogP contribution in [-0.4, -0.2) is 88.7 Å². The molecular formula is C78H86O18. The number of hydrogen-bond acceptors (Lipinski definition) is 18. The lowest BCUT2D eigenvalue weighted by Crippen LogP contribution is -2.16. The molecule has 0 radical (unpaired) electrons. The fraction of sp³-hybridized carbons (Fsp3) is 0.333. The van der Waals surface area contributed by atoms with E-state index in [2.05, 4.69) is 27.0 Å². The van der Waals surface area contributed by atoms with Gasteiger partial charge in [0, 0.05) is 25.3 Å². The first-order valence-corrected chi connectivity index (χ1v) is 32.9. The fourth-order valence-electron chi connectivity index (χ4n) is 9.35. The van der Waals surface area contributed by atoms with Gasteiger partial charge in [0.05, 0.1) is 73.0 Å². The zero-order chi connectivity index (χ0) is 68.0. The van der Waals surface area contributed by atoms with E-state index in [9.17, 15) is 28.8 Å². The molecule has 0 saturated heterocycles. The van der Waals surface area contributed by atoms with Crippen molar-refractivity contribution in [2.45, 2.75) is 117 Å². The van der Waals surface area contributed by atoms with E-state index in [1.807, 2.05) is 0 Å². The summed E-state index contributed by atoms with van der Waals surface area (Å²) in [4.78, 5) is 83.0. The Morgan fingerprint density at radius 2 is 0.479 bits per heavy atom. The minimum Gasteiger partial charge on any atom is -0.494 e. The molecule has 18 nitrogen and oxygen atoms in total. The molecule has 0 saturated carbocycles. The molecule has 0 aliphatic rings. The SMILES string of the molecule is C=CCOCCCCOc1ccc(C(=O)Oc2cc(OC(=O)c3ccc(OC(=O)c4ccc(OCCCCCCCC)cc4)cc3)c(OC(=O)c3ccc(OCCCCOCC=C)cc3)cc2OC(=O)c2ccc(OC(=O)c3ccc(OCCCCCCCC)cc3)cc2)cc1. The predicted octanol–water partition coefficient (Wildman–Crippen LogP) is 17.2. The molecule has 7 rings (SSSR count). The summed E-state index contributed by atoms with van der Waals surface area (Å²) in [6.07, 6.45) is 19.9. The van der Waals surface area contributed by atoms with E-state index in [0.29, 0.717) is 88.7 Å². The Morgan fingerprint density at radius 1 is 0.271 bits per heavy atom. The molecule has 0 spiro atoms. The highest BCUT2D eigenvalue weighted by Crippen LogP contribution is 2.42. The van der Waals surface area contributed by atoms with E-state index in [1.165, 1.54) is 124 Å². The molecular weight excluding hydrogens is 1220 g/mol. The summed E-state index contributed by atoms with van der Waals surface area (Å²) in [6.45, 7) is 15.6. The van der Waals surface area contributed by atoms with Gasteiger partial charge in [-0.25, -0.2) is 28.8 Å². The Bertz CT molecular complexity index is 3310. The van der Waals surface area contributed by atoms with Gasteiger partial charge in [-0.1, -0.05) is 90.2 Å². The highest BCUT2D eigenvalue weighted by atomic mass is 16.6. The van der Waals surface area contributed by atoms with Crippen LogP contribution in [0.1, 0.15) is 179 Å². The lowest BCUT2D eigenvalue weighted by Gasteiger charge is -2.16. The van der Waals surface area contributed by atoms with Crippen molar-refractivity contribution >= 4 is 35.8 Å². The second-order valence-electron chi connectivity index (χ2n) is 22.3. The largest absolute Gasteiger partial charge is 0.494 e. The molecule has 0 aromatic heterocycles. The summed E-state index contributed by atoms with van der Waals surface area (Å²) in [7, 11) is 0. The number of rotatable bonds is 44. The van der Waals surface area contributed by atoms with Crippen LogP contribution in [0.3, 0.4) is 0 Å². The monoisotopic (exact) mass is 1310 g/mol. The van der Waals surface area contributed by atoms with Gasteiger partial charge in [0.1, 0.15) is 34.5 Å². The Morgan fingerprint density at radius 3 is 0.729 bits per heavy atom. The van der Waals surface area contributed by atoms with Crippen molar-refractivity contribution in [1.82, 2.24) is 0 Å². The number of carbonyl (C=O) groups excluding carboxylic acids is 6. The number of ether oxygens (including phenoxy) is 12. The van der Waals surface area contributed by atoms with Crippen LogP contribution in [0.15, 0.2) is 183 Å². The third kappa shape index (κ3) is 25.7. The third-order valence-electron chi connectivity index (χ3n) is 14.7.